The smallest absolute Gasteiger partial charge is 0.313 e. The zero-order valence-electron chi connectivity index (χ0n) is 10.8. The van der Waals surface area contributed by atoms with Gasteiger partial charge in [0.25, 0.3) is 0 Å². The summed E-state index contributed by atoms with van der Waals surface area (Å²) in [6.45, 7) is 2.92. The summed E-state index contributed by atoms with van der Waals surface area (Å²) in [5.74, 6) is 0.496. The first-order valence-corrected chi connectivity index (χ1v) is 5.99. The minimum absolute atomic E-state index is 0. The molecule has 0 aliphatic rings. The van der Waals surface area contributed by atoms with Crippen molar-refractivity contribution >= 4 is 18.4 Å². The van der Waals surface area contributed by atoms with Crippen LogP contribution in [0.1, 0.15) is 18.3 Å². The van der Waals surface area contributed by atoms with Gasteiger partial charge in [0, 0.05) is 18.9 Å². The summed E-state index contributed by atoms with van der Waals surface area (Å²) in [6.07, 6.45) is 3.80. The SMILES string of the molecule is CCOC(=O)Cc1nccn1Cc1ccccc1.Cl. The molecule has 19 heavy (non-hydrogen) atoms. The van der Waals surface area contributed by atoms with E-state index in [4.69, 9.17) is 4.74 Å². The molecule has 0 aliphatic heterocycles. The van der Waals surface area contributed by atoms with Crippen LogP contribution < -0.4 is 0 Å². The summed E-state index contributed by atoms with van der Waals surface area (Å²) < 4.78 is 6.89. The zero-order chi connectivity index (χ0) is 12.8. The van der Waals surface area contributed by atoms with E-state index in [-0.39, 0.29) is 24.8 Å². The molecule has 0 spiro atoms. The van der Waals surface area contributed by atoms with Crippen LogP contribution in [0.5, 0.6) is 0 Å². The standard InChI is InChI=1S/C14H16N2O2.ClH/c1-2-18-14(17)10-13-15-8-9-16(13)11-12-6-4-3-5-7-12;/h3-9H,2,10-11H2,1H3;1H. The number of halogens is 1. The van der Waals surface area contributed by atoms with Crippen LogP contribution in [-0.2, 0) is 22.5 Å². The molecule has 0 saturated heterocycles. The molecule has 0 atom stereocenters. The predicted octanol–water partition coefficient (Wildman–Crippen LogP) is 2.46. The maximum Gasteiger partial charge on any atom is 0.313 e. The van der Waals surface area contributed by atoms with Gasteiger partial charge in [-0.15, -0.1) is 12.4 Å². The van der Waals surface area contributed by atoms with Gasteiger partial charge >= 0.3 is 5.97 Å². The van der Waals surface area contributed by atoms with E-state index in [1.165, 1.54) is 5.56 Å². The Hall–Kier alpha value is -1.81. The van der Waals surface area contributed by atoms with Gasteiger partial charge in [0.2, 0.25) is 0 Å². The largest absolute Gasteiger partial charge is 0.466 e. The molecule has 0 amide bonds. The molecule has 0 unspecified atom stereocenters. The van der Waals surface area contributed by atoms with Crippen LogP contribution in [0.25, 0.3) is 0 Å². The highest BCUT2D eigenvalue weighted by molar-refractivity contribution is 5.85. The van der Waals surface area contributed by atoms with Crippen molar-refractivity contribution in [3.63, 3.8) is 0 Å². The fourth-order valence-corrected chi connectivity index (χ4v) is 1.77. The lowest BCUT2D eigenvalue weighted by molar-refractivity contribution is -0.142. The molecule has 1 aromatic heterocycles. The molecule has 5 heteroatoms. The van der Waals surface area contributed by atoms with Gasteiger partial charge in [-0.3, -0.25) is 4.79 Å². The number of aromatic nitrogens is 2. The fourth-order valence-electron chi connectivity index (χ4n) is 1.77. The van der Waals surface area contributed by atoms with Gasteiger partial charge in [0.05, 0.1) is 6.61 Å². The number of ether oxygens (including phenoxy) is 1. The molecule has 1 heterocycles. The van der Waals surface area contributed by atoms with E-state index in [9.17, 15) is 4.79 Å². The highest BCUT2D eigenvalue weighted by Gasteiger charge is 2.09. The lowest BCUT2D eigenvalue weighted by Gasteiger charge is -2.07. The van der Waals surface area contributed by atoms with Crippen molar-refractivity contribution in [1.82, 2.24) is 9.55 Å². The normalized spacial score (nSPS) is 9.74. The molecule has 1 aromatic carbocycles. The molecule has 0 fully saturated rings. The molecule has 2 aromatic rings. The Kier molecular flexibility index (Phi) is 6.09. The third-order valence-corrected chi connectivity index (χ3v) is 2.61. The van der Waals surface area contributed by atoms with E-state index in [0.717, 1.165) is 12.4 Å². The summed E-state index contributed by atoms with van der Waals surface area (Å²) in [6, 6.07) is 10.1. The Bertz CT molecular complexity index is 511. The number of hydrogen-bond donors (Lipinski definition) is 0. The summed E-state index contributed by atoms with van der Waals surface area (Å²) in [7, 11) is 0. The number of rotatable bonds is 5. The lowest BCUT2D eigenvalue weighted by Crippen LogP contribution is -2.13. The van der Waals surface area contributed by atoms with Crippen molar-refractivity contribution in [2.45, 2.75) is 19.9 Å². The van der Waals surface area contributed by atoms with Crippen molar-refractivity contribution in [2.24, 2.45) is 0 Å². The van der Waals surface area contributed by atoms with Crippen LogP contribution in [0.3, 0.4) is 0 Å². The molecular formula is C14H17ClN2O2. The van der Waals surface area contributed by atoms with E-state index in [2.05, 4.69) is 4.98 Å². The van der Waals surface area contributed by atoms with Gasteiger partial charge in [-0.25, -0.2) is 4.98 Å². The number of nitrogens with zero attached hydrogens (tertiary/aromatic N) is 2. The van der Waals surface area contributed by atoms with Gasteiger partial charge in [0.15, 0.2) is 0 Å². The second-order valence-electron chi connectivity index (χ2n) is 3.94. The van der Waals surface area contributed by atoms with E-state index >= 15 is 0 Å². The van der Waals surface area contributed by atoms with E-state index in [1.807, 2.05) is 41.1 Å². The lowest BCUT2D eigenvalue weighted by atomic mass is 10.2. The van der Waals surface area contributed by atoms with Crippen LogP contribution in [0.4, 0.5) is 0 Å². The molecule has 102 valence electrons. The van der Waals surface area contributed by atoms with Crippen LogP contribution in [0, 0.1) is 0 Å². The van der Waals surface area contributed by atoms with Crippen LogP contribution in [0.15, 0.2) is 42.7 Å². The molecular weight excluding hydrogens is 264 g/mol. The molecule has 0 bridgehead atoms. The van der Waals surface area contributed by atoms with E-state index in [1.54, 1.807) is 13.1 Å². The monoisotopic (exact) mass is 280 g/mol. The zero-order valence-corrected chi connectivity index (χ0v) is 11.6. The van der Waals surface area contributed by atoms with Gasteiger partial charge < -0.3 is 9.30 Å². The maximum absolute atomic E-state index is 11.4. The van der Waals surface area contributed by atoms with Gasteiger partial charge in [-0.1, -0.05) is 30.3 Å². The van der Waals surface area contributed by atoms with Crippen molar-refractivity contribution in [1.29, 1.82) is 0 Å². The molecule has 0 radical (unpaired) electrons. The minimum atomic E-state index is -0.238. The molecule has 0 N–H and O–H groups in total. The number of esters is 1. The van der Waals surface area contributed by atoms with E-state index < -0.39 is 0 Å². The van der Waals surface area contributed by atoms with Gasteiger partial charge in [-0.05, 0) is 12.5 Å². The van der Waals surface area contributed by atoms with Gasteiger partial charge in [0.1, 0.15) is 12.2 Å². The summed E-state index contributed by atoms with van der Waals surface area (Å²) in [5, 5.41) is 0. The molecule has 0 saturated carbocycles. The quantitative estimate of drug-likeness (QED) is 0.790. The minimum Gasteiger partial charge on any atom is -0.466 e. The topological polar surface area (TPSA) is 44.1 Å². The third kappa shape index (κ3) is 4.41. The van der Waals surface area contributed by atoms with Crippen LogP contribution in [-0.4, -0.2) is 22.1 Å². The second kappa shape index (κ2) is 7.59. The Balaban J connectivity index is 0.00000180. The maximum atomic E-state index is 11.4. The average Bonchev–Trinajstić information content (AvgIpc) is 2.78. The first kappa shape index (κ1) is 15.2. The van der Waals surface area contributed by atoms with Gasteiger partial charge in [-0.2, -0.15) is 0 Å². The summed E-state index contributed by atoms with van der Waals surface area (Å²) in [4.78, 5) is 15.6. The number of carbonyl (C=O) groups is 1. The summed E-state index contributed by atoms with van der Waals surface area (Å²) >= 11 is 0. The predicted molar refractivity (Wildman–Crippen MR) is 75.4 cm³/mol. The highest BCUT2D eigenvalue weighted by atomic mass is 35.5. The second-order valence-corrected chi connectivity index (χ2v) is 3.94. The van der Waals surface area contributed by atoms with Crippen LogP contribution in [0.2, 0.25) is 0 Å². The Morgan fingerprint density at radius 3 is 2.74 bits per heavy atom. The fraction of sp³-hybridized carbons (Fsp3) is 0.286. The average molecular weight is 281 g/mol. The number of imidazole rings is 1. The Labute approximate surface area is 118 Å². The van der Waals surface area contributed by atoms with Crippen molar-refractivity contribution in [3.8, 4) is 0 Å². The molecule has 0 aliphatic carbocycles. The Morgan fingerprint density at radius 2 is 2.05 bits per heavy atom. The first-order chi connectivity index (χ1) is 8.79. The molecule has 4 nitrogen and oxygen atoms in total. The first-order valence-electron chi connectivity index (χ1n) is 5.99. The number of hydrogen-bond acceptors (Lipinski definition) is 3. The number of carbonyl (C=O) groups excluding carboxylic acids is 1. The Morgan fingerprint density at radius 1 is 1.32 bits per heavy atom. The number of benzene rings is 1. The highest BCUT2D eigenvalue weighted by Crippen LogP contribution is 2.06. The van der Waals surface area contributed by atoms with Crippen molar-refractivity contribution < 1.29 is 9.53 Å². The third-order valence-electron chi connectivity index (χ3n) is 2.61. The van der Waals surface area contributed by atoms with E-state index in [0.29, 0.717) is 6.61 Å². The van der Waals surface area contributed by atoms with Crippen LogP contribution >= 0.6 is 12.4 Å². The molecule has 2 rings (SSSR count). The summed E-state index contributed by atoms with van der Waals surface area (Å²) in [5.41, 5.74) is 1.18. The van der Waals surface area contributed by atoms with Crippen molar-refractivity contribution in [3.05, 3.63) is 54.1 Å². The van der Waals surface area contributed by atoms with Crippen molar-refractivity contribution in [2.75, 3.05) is 6.61 Å².